The van der Waals surface area contributed by atoms with Crippen LogP contribution in [0.1, 0.15) is 47.5 Å². The molecule has 0 bridgehead atoms. The molecule has 18 heavy (non-hydrogen) atoms. The molecule has 108 valence electrons. The van der Waals surface area contributed by atoms with Gasteiger partial charge in [-0.25, -0.2) is 0 Å². The van der Waals surface area contributed by atoms with Gasteiger partial charge in [0.1, 0.15) is 0 Å². The molecule has 1 rings (SSSR count). The highest BCUT2D eigenvalue weighted by Crippen LogP contribution is 2.22. The van der Waals surface area contributed by atoms with Crippen molar-refractivity contribution in [1.29, 1.82) is 0 Å². The third-order valence-electron chi connectivity index (χ3n) is 3.48. The Hall–Kier alpha value is -0.120. The fourth-order valence-corrected chi connectivity index (χ4v) is 1.96. The second kappa shape index (κ2) is 6.88. The van der Waals surface area contributed by atoms with E-state index < -0.39 is 0 Å². The Morgan fingerprint density at radius 3 is 2.17 bits per heavy atom. The fourth-order valence-electron chi connectivity index (χ4n) is 1.96. The van der Waals surface area contributed by atoms with Gasteiger partial charge >= 0.3 is 0 Å². The Bertz CT molecular complexity index is 227. The first kappa shape index (κ1) is 15.9. The molecular weight excluding hydrogens is 226 g/mol. The molecule has 1 aliphatic heterocycles. The lowest BCUT2D eigenvalue weighted by Crippen LogP contribution is -2.40. The molecule has 0 aromatic rings. The van der Waals surface area contributed by atoms with Gasteiger partial charge in [0.05, 0.1) is 18.8 Å². The van der Waals surface area contributed by atoms with Crippen LogP contribution in [0.25, 0.3) is 0 Å². The molecule has 0 amide bonds. The molecule has 0 aromatic heterocycles. The first-order valence-corrected chi connectivity index (χ1v) is 7.23. The first-order valence-electron chi connectivity index (χ1n) is 7.23. The van der Waals surface area contributed by atoms with Gasteiger partial charge < -0.3 is 9.47 Å². The third kappa shape index (κ3) is 7.34. The van der Waals surface area contributed by atoms with Gasteiger partial charge in [0.25, 0.3) is 0 Å². The van der Waals surface area contributed by atoms with Gasteiger partial charge in [-0.15, -0.1) is 0 Å². The Balaban J connectivity index is 2.17. The van der Waals surface area contributed by atoms with E-state index in [2.05, 4.69) is 39.5 Å². The van der Waals surface area contributed by atoms with Gasteiger partial charge in [-0.3, -0.25) is 4.90 Å². The van der Waals surface area contributed by atoms with Gasteiger partial charge in [0.2, 0.25) is 0 Å². The Morgan fingerprint density at radius 2 is 1.61 bits per heavy atom. The second-order valence-corrected chi connectivity index (χ2v) is 7.12. The van der Waals surface area contributed by atoms with E-state index >= 15 is 0 Å². The Labute approximate surface area is 113 Å². The van der Waals surface area contributed by atoms with E-state index in [9.17, 15) is 0 Å². The van der Waals surface area contributed by atoms with Crippen LogP contribution in [0.5, 0.6) is 0 Å². The van der Waals surface area contributed by atoms with E-state index in [1.807, 2.05) is 0 Å². The smallest absolute Gasteiger partial charge is 0.0638 e. The van der Waals surface area contributed by atoms with Crippen molar-refractivity contribution in [3.8, 4) is 0 Å². The minimum Gasteiger partial charge on any atom is -0.379 e. The van der Waals surface area contributed by atoms with Crippen LogP contribution in [0.2, 0.25) is 0 Å². The predicted octanol–water partition coefficient (Wildman–Crippen LogP) is 2.94. The van der Waals surface area contributed by atoms with Crippen LogP contribution >= 0.6 is 0 Å². The first-order chi connectivity index (χ1) is 8.29. The zero-order valence-electron chi connectivity index (χ0n) is 12.9. The number of hydrogen-bond donors (Lipinski definition) is 0. The Morgan fingerprint density at radius 1 is 1.00 bits per heavy atom. The van der Waals surface area contributed by atoms with E-state index in [0.29, 0.717) is 5.41 Å². The molecule has 0 aromatic carbocycles. The van der Waals surface area contributed by atoms with Gasteiger partial charge in [-0.1, -0.05) is 20.8 Å². The zero-order valence-corrected chi connectivity index (χ0v) is 12.9. The van der Waals surface area contributed by atoms with Crippen molar-refractivity contribution in [1.82, 2.24) is 4.90 Å². The monoisotopic (exact) mass is 257 g/mol. The molecular formula is C15H31NO2. The van der Waals surface area contributed by atoms with Crippen LogP contribution in [0.4, 0.5) is 0 Å². The van der Waals surface area contributed by atoms with E-state index in [-0.39, 0.29) is 5.60 Å². The molecule has 0 atom stereocenters. The van der Waals surface area contributed by atoms with Crippen molar-refractivity contribution >= 4 is 0 Å². The summed E-state index contributed by atoms with van der Waals surface area (Å²) in [5.41, 5.74) is 0.351. The van der Waals surface area contributed by atoms with Crippen molar-refractivity contribution in [3.05, 3.63) is 0 Å². The van der Waals surface area contributed by atoms with Crippen LogP contribution in [0.15, 0.2) is 0 Å². The molecule has 3 heteroatoms. The molecule has 0 N–H and O–H groups in total. The summed E-state index contributed by atoms with van der Waals surface area (Å²) in [5.74, 6) is 0. The van der Waals surface area contributed by atoms with Crippen molar-refractivity contribution in [2.45, 2.75) is 53.1 Å². The summed E-state index contributed by atoms with van der Waals surface area (Å²) in [6, 6.07) is 0. The maximum Gasteiger partial charge on any atom is 0.0638 e. The van der Waals surface area contributed by atoms with Crippen LogP contribution in [0, 0.1) is 5.41 Å². The third-order valence-corrected chi connectivity index (χ3v) is 3.48. The van der Waals surface area contributed by atoms with E-state index in [4.69, 9.17) is 9.47 Å². The summed E-state index contributed by atoms with van der Waals surface area (Å²) in [6.07, 6.45) is 2.21. The normalized spacial score (nSPS) is 19.2. The molecule has 1 aliphatic rings. The van der Waals surface area contributed by atoms with Crippen LogP contribution in [0.3, 0.4) is 0 Å². The fraction of sp³-hybridized carbons (Fsp3) is 1.00. The minimum absolute atomic E-state index is 0.0104. The molecule has 0 aliphatic carbocycles. The summed E-state index contributed by atoms with van der Waals surface area (Å²) in [5, 5.41) is 0. The van der Waals surface area contributed by atoms with Gasteiger partial charge in [0, 0.05) is 26.2 Å². The van der Waals surface area contributed by atoms with Crippen molar-refractivity contribution in [2.75, 3.05) is 39.5 Å². The molecule has 0 radical (unpaired) electrons. The van der Waals surface area contributed by atoms with E-state index in [1.54, 1.807) is 0 Å². The lowest BCUT2D eigenvalue weighted by atomic mass is 9.93. The van der Waals surface area contributed by atoms with Crippen LogP contribution in [-0.2, 0) is 9.47 Å². The Kier molecular flexibility index (Phi) is 6.09. The van der Waals surface area contributed by atoms with Gasteiger partial charge in [-0.2, -0.15) is 0 Å². The predicted molar refractivity (Wildman–Crippen MR) is 76.0 cm³/mol. The van der Waals surface area contributed by atoms with E-state index in [0.717, 1.165) is 52.3 Å². The maximum atomic E-state index is 6.04. The van der Waals surface area contributed by atoms with Gasteiger partial charge in [-0.05, 0) is 32.1 Å². The highest BCUT2D eigenvalue weighted by molar-refractivity contribution is 4.73. The summed E-state index contributed by atoms with van der Waals surface area (Å²) in [4.78, 5) is 2.47. The largest absolute Gasteiger partial charge is 0.379 e. The highest BCUT2D eigenvalue weighted by Gasteiger charge is 2.21. The van der Waals surface area contributed by atoms with Gasteiger partial charge in [0.15, 0.2) is 0 Å². The van der Waals surface area contributed by atoms with Crippen molar-refractivity contribution in [2.24, 2.45) is 5.41 Å². The minimum atomic E-state index is -0.0104. The molecule has 1 fully saturated rings. The average Bonchev–Trinajstić information content (AvgIpc) is 2.26. The van der Waals surface area contributed by atoms with Crippen LogP contribution in [-0.4, -0.2) is 50.0 Å². The van der Waals surface area contributed by atoms with Crippen molar-refractivity contribution < 1.29 is 9.47 Å². The highest BCUT2D eigenvalue weighted by atomic mass is 16.5. The zero-order chi connectivity index (χ0) is 13.6. The lowest BCUT2D eigenvalue weighted by molar-refractivity contribution is -0.0440. The van der Waals surface area contributed by atoms with Crippen LogP contribution < -0.4 is 0 Å². The molecule has 3 nitrogen and oxygen atoms in total. The topological polar surface area (TPSA) is 21.7 Å². The number of ether oxygens (including phenoxy) is 2. The average molecular weight is 257 g/mol. The maximum absolute atomic E-state index is 6.04. The standard InChI is InChI=1S/C15H31NO2/c1-14(2,3)7-11-18-15(4,5)6-8-16-9-12-17-13-10-16/h6-13H2,1-5H3. The summed E-state index contributed by atoms with van der Waals surface area (Å²) < 4.78 is 11.4. The SMILES string of the molecule is CC(C)(C)CCOC(C)(C)CCN1CCOCC1. The molecule has 1 heterocycles. The van der Waals surface area contributed by atoms with E-state index in [1.165, 1.54) is 0 Å². The molecule has 0 spiro atoms. The van der Waals surface area contributed by atoms with Crippen molar-refractivity contribution in [3.63, 3.8) is 0 Å². The quantitative estimate of drug-likeness (QED) is 0.730. The lowest BCUT2D eigenvalue weighted by Gasteiger charge is -2.32. The number of hydrogen-bond acceptors (Lipinski definition) is 3. The number of morpholine rings is 1. The summed E-state index contributed by atoms with van der Waals surface area (Å²) >= 11 is 0. The molecule has 0 saturated carbocycles. The number of rotatable bonds is 6. The second-order valence-electron chi connectivity index (χ2n) is 7.12. The number of nitrogens with zero attached hydrogens (tertiary/aromatic N) is 1. The molecule has 0 unspecified atom stereocenters. The summed E-state index contributed by atoms with van der Waals surface area (Å²) in [6.45, 7) is 17.1. The summed E-state index contributed by atoms with van der Waals surface area (Å²) in [7, 11) is 0. The molecule has 1 saturated heterocycles.